The molecule has 2 rings (SSSR count). The molecule has 0 aromatic heterocycles. The van der Waals surface area contributed by atoms with Gasteiger partial charge in [-0.1, -0.05) is 50.1 Å². The molecular weight excluding hydrogens is 398 g/mol. The molecule has 0 saturated carbocycles. The standard InChI is InChI=1S/C16H15Br2NO2/c1-21-16(20)12-4-5-13(15(18)8-12)10-19-9-11-2-6-14(17)7-3-11/h2-8,19H,9-10H2,1H3. The van der Waals surface area contributed by atoms with Gasteiger partial charge in [-0.2, -0.15) is 0 Å². The van der Waals surface area contributed by atoms with Crippen LogP contribution in [0.25, 0.3) is 0 Å². The molecule has 0 bridgehead atoms. The van der Waals surface area contributed by atoms with E-state index in [1.54, 1.807) is 12.1 Å². The van der Waals surface area contributed by atoms with Gasteiger partial charge in [0.25, 0.3) is 0 Å². The minimum atomic E-state index is -0.329. The Labute approximate surface area is 141 Å². The summed E-state index contributed by atoms with van der Waals surface area (Å²) in [4.78, 5) is 11.4. The number of carbonyl (C=O) groups is 1. The van der Waals surface area contributed by atoms with E-state index in [1.807, 2.05) is 18.2 Å². The normalized spacial score (nSPS) is 10.4. The van der Waals surface area contributed by atoms with Crippen LogP contribution in [0.1, 0.15) is 21.5 Å². The van der Waals surface area contributed by atoms with E-state index in [4.69, 9.17) is 4.74 Å². The molecule has 0 aliphatic carbocycles. The van der Waals surface area contributed by atoms with Crippen LogP contribution in [0.3, 0.4) is 0 Å². The molecule has 0 amide bonds. The Hall–Kier alpha value is -1.17. The van der Waals surface area contributed by atoms with Gasteiger partial charge in [-0.3, -0.25) is 0 Å². The Morgan fingerprint density at radius 3 is 2.43 bits per heavy atom. The van der Waals surface area contributed by atoms with E-state index in [2.05, 4.69) is 49.3 Å². The quantitative estimate of drug-likeness (QED) is 0.744. The summed E-state index contributed by atoms with van der Waals surface area (Å²) in [5.41, 5.74) is 2.86. The molecule has 0 radical (unpaired) electrons. The van der Waals surface area contributed by atoms with E-state index in [9.17, 15) is 4.79 Å². The van der Waals surface area contributed by atoms with Gasteiger partial charge in [0.2, 0.25) is 0 Å². The Morgan fingerprint density at radius 1 is 1.10 bits per heavy atom. The second-order valence-corrected chi connectivity index (χ2v) is 6.30. The maximum absolute atomic E-state index is 11.4. The molecule has 0 aliphatic rings. The van der Waals surface area contributed by atoms with Crippen molar-refractivity contribution < 1.29 is 9.53 Å². The second kappa shape index (κ2) is 7.73. The van der Waals surface area contributed by atoms with E-state index < -0.39 is 0 Å². The average molecular weight is 413 g/mol. The van der Waals surface area contributed by atoms with Crippen LogP contribution in [0.4, 0.5) is 0 Å². The zero-order valence-electron chi connectivity index (χ0n) is 11.5. The predicted molar refractivity (Wildman–Crippen MR) is 90.2 cm³/mol. The highest BCUT2D eigenvalue weighted by atomic mass is 79.9. The number of ether oxygens (including phenoxy) is 1. The Kier molecular flexibility index (Phi) is 5.96. The first-order valence-corrected chi connectivity index (χ1v) is 8.00. The molecule has 0 spiro atoms. The van der Waals surface area contributed by atoms with Gasteiger partial charge >= 0.3 is 5.97 Å². The Balaban J connectivity index is 1.94. The van der Waals surface area contributed by atoms with Crippen LogP contribution in [0.2, 0.25) is 0 Å². The molecule has 110 valence electrons. The fourth-order valence-electron chi connectivity index (χ4n) is 1.88. The van der Waals surface area contributed by atoms with Crippen LogP contribution < -0.4 is 5.32 Å². The van der Waals surface area contributed by atoms with Crippen molar-refractivity contribution >= 4 is 37.8 Å². The number of nitrogens with one attached hydrogen (secondary N) is 1. The van der Waals surface area contributed by atoms with Gasteiger partial charge in [0.1, 0.15) is 0 Å². The predicted octanol–water partition coefficient (Wildman–Crippen LogP) is 4.29. The third-order valence-corrected chi connectivity index (χ3v) is 4.30. The minimum Gasteiger partial charge on any atom is -0.465 e. The van der Waals surface area contributed by atoms with Gasteiger partial charge in [0, 0.05) is 22.0 Å². The van der Waals surface area contributed by atoms with Crippen molar-refractivity contribution in [1.82, 2.24) is 5.32 Å². The first kappa shape index (κ1) is 16.2. The largest absolute Gasteiger partial charge is 0.465 e. The fraction of sp³-hybridized carbons (Fsp3) is 0.188. The van der Waals surface area contributed by atoms with E-state index >= 15 is 0 Å². The molecule has 0 saturated heterocycles. The maximum Gasteiger partial charge on any atom is 0.337 e. The topological polar surface area (TPSA) is 38.3 Å². The fourth-order valence-corrected chi connectivity index (χ4v) is 2.66. The molecule has 21 heavy (non-hydrogen) atoms. The summed E-state index contributed by atoms with van der Waals surface area (Å²) >= 11 is 6.91. The molecule has 5 heteroatoms. The minimum absolute atomic E-state index is 0.329. The highest BCUT2D eigenvalue weighted by molar-refractivity contribution is 9.10. The van der Waals surface area contributed by atoms with Crippen molar-refractivity contribution in [2.24, 2.45) is 0 Å². The number of rotatable bonds is 5. The summed E-state index contributed by atoms with van der Waals surface area (Å²) in [6.07, 6.45) is 0. The van der Waals surface area contributed by atoms with Gasteiger partial charge in [-0.25, -0.2) is 4.79 Å². The lowest BCUT2D eigenvalue weighted by atomic mass is 10.1. The molecule has 0 unspecified atom stereocenters. The SMILES string of the molecule is COC(=O)c1ccc(CNCc2ccc(Br)cc2)c(Br)c1. The van der Waals surface area contributed by atoms with Gasteiger partial charge < -0.3 is 10.1 Å². The van der Waals surface area contributed by atoms with Crippen molar-refractivity contribution in [3.05, 3.63) is 68.1 Å². The highest BCUT2D eigenvalue weighted by Gasteiger charge is 2.08. The van der Waals surface area contributed by atoms with Crippen molar-refractivity contribution in [1.29, 1.82) is 0 Å². The van der Waals surface area contributed by atoms with Gasteiger partial charge in [-0.15, -0.1) is 0 Å². The molecular formula is C16H15Br2NO2. The number of esters is 1. The van der Waals surface area contributed by atoms with Gasteiger partial charge in [0.05, 0.1) is 12.7 Å². The summed E-state index contributed by atoms with van der Waals surface area (Å²) in [7, 11) is 1.38. The van der Waals surface area contributed by atoms with E-state index in [0.717, 1.165) is 27.6 Å². The van der Waals surface area contributed by atoms with E-state index in [0.29, 0.717) is 5.56 Å². The number of halogens is 2. The summed E-state index contributed by atoms with van der Waals surface area (Å²) < 4.78 is 6.67. The first-order valence-electron chi connectivity index (χ1n) is 6.42. The van der Waals surface area contributed by atoms with Crippen LogP contribution in [-0.2, 0) is 17.8 Å². The molecule has 0 fully saturated rings. The summed E-state index contributed by atoms with van der Waals surface area (Å²) in [5.74, 6) is -0.329. The van der Waals surface area contributed by atoms with E-state index in [1.165, 1.54) is 12.7 Å². The second-order valence-electron chi connectivity index (χ2n) is 4.53. The molecule has 2 aromatic carbocycles. The molecule has 0 heterocycles. The van der Waals surface area contributed by atoms with Crippen molar-refractivity contribution in [2.45, 2.75) is 13.1 Å². The van der Waals surface area contributed by atoms with E-state index in [-0.39, 0.29) is 5.97 Å². The lowest BCUT2D eigenvalue weighted by Crippen LogP contribution is -2.13. The Bertz CT molecular complexity index is 627. The summed E-state index contributed by atoms with van der Waals surface area (Å²) in [5, 5.41) is 3.38. The number of hydrogen-bond acceptors (Lipinski definition) is 3. The molecule has 0 aliphatic heterocycles. The molecule has 1 N–H and O–H groups in total. The lowest BCUT2D eigenvalue weighted by Gasteiger charge is -2.08. The van der Waals surface area contributed by atoms with Crippen molar-refractivity contribution in [3.8, 4) is 0 Å². The van der Waals surface area contributed by atoms with Crippen LogP contribution >= 0.6 is 31.9 Å². The summed E-state index contributed by atoms with van der Waals surface area (Å²) in [6.45, 7) is 1.51. The van der Waals surface area contributed by atoms with Crippen molar-refractivity contribution in [3.63, 3.8) is 0 Å². The maximum atomic E-state index is 11.4. The molecule has 2 aromatic rings. The van der Waals surface area contributed by atoms with Crippen LogP contribution in [0, 0.1) is 0 Å². The first-order chi connectivity index (χ1) is 10.1. The number of benzene rings is 2. The third kappa shape index (κ3) is 4.66. The number of methoxy groups -OCH3 is 1. The molecule has 3 nitrogen and oxygen atoms in total. The number of carbonyl (C=O) groups excluding carboxylic acids is 1. The average Bonchev–Trinajstić information content (AvgIpc) is 2.50. The van der Waals surface area contributed by atoms with Crippen LogP contribution in [0.15, 0.2) is 51.4 Å². The lowest BCUT2D eigenvalue weighted by molar-refractivity contribution is 0.0600. The monoisotopic (exact) mass is 411 g/mol. The zero-order valence-corrected chi connectivity index (χ0v) is 14.7. The van der Waals surface area contributed by atoms with Crippen LogP contribution in [-0.4, -0.2) is 13.1 Å². The van der Waals surface area contributed by atoms with Gasteiger partial charge in [0.15, 0.2) is 0 Å². The smallest absolute Gasteiger partial charge is 0.337 e. The Morgan fingerprint density at radius 2 is 1.81 bits per heavy atom. The third-order valence-electron chi connectivity index (χ3n) is 3.03. The summed E-state index contributed by atoms with van der Waals surface area (Å²) in [6, 6.07) is 13.7. The number of hydrogen-bond donors (Lipinski definition) is 1. The molecule has 0 atom stereocenters. The van der Waals surface area contributed by atoms with Gasteiger partial charge in [-0.05, 0) is 35.4 Å². The van der Waals surface area contributed by atoms with Crippen molar-refractivity contribution in [2.75, 3.05) is 7.11 Å². The zero-order chi connectivity index (χ0) is 15.2. The van der Waals surface area contributed by atoms with Crippen LogP contribution in [0.5, 0.6) is 0 Å². The highest BCUT2D eigenvalue weighted by Crippen LogP contribution is 2.19.